The molecule has 1 unspecified atom stereocenters. The van der Waals surface area contributed by atoms with Crippen molar-refractivity contribution in [2.45, 2.75) is 39.2 Å². The predicted octanol–water partition coefficient (Wildman–Crippen LogP) is 1.90. The molecule has 168 valence electrons. The van der Waals surface area contributed by atoms with Gasteiger partial charge in [0.2, 0.25) is 11.8 Å². The Bertz CT molecular complexity index is 1030. The molecule has 0 saturated carbocycles. The van der Waals surface area contributed by atoms with Gasteiger partial charge in [0.15, 0.2) is 0 Å². The van der Waals surface area contributed by atoms with Gasteiger partial charge >= 0.3 is 6.03 Å². The second-order valence-electron chi connectivity index (χ2n) is 7.81. The lowest BCUT2D eigenvalue weighted by atomic mass is 10.0. The number of anilines is 1. The lowest BCUT2D eigenvalue weighted by Crippen LogP contribution is -2.52. The molecule has 3 N–H and O–H groups in total. The zero-order chi connectivity index (χ0) is 23.3. The van der Waals surface area contributed by atoms with Crippen LogP contribution >= 0.6 is 0 Å². The summed E-state index contributed by atoms with van der Waals surface area (Å²) in [6, 6.07) is 0.782. The number of pyridine rings is 1. The average Bonchev–Trinajstić information content (AvgIpc) is 3.11. The number of nitrogens with one attached hydrogen (secondary N) is 3. The third kappa shape index (κ3) is 5.48. The molecule has 9 heteroatoms. The van der Waals surface area contributed by atoms with E-state index in [4.69, 9.17) is 0 Å². The summed E-state index contributed by atoms with van der Waals surface area (Å²) in [5.41, 5.74) is 3.35. The highest BCUT2D eigenvalue weighted by Crippen LogP contribution is 2.23. The SMILES string of the molecule is C=C/C(=C\C=C1/CCN(C2CCC(=O)NC2=O)C1=O)CNC(=O)Nc1cc(C)c(C)cn1. The monoisotopic (exact) mass is 437 g/mol. The largest absolute Gasteiger partial charge is 0.334 e. The van der Waals surface area contributed by atoms with E-state index in [2.05, 4.69) is 27.5 Å². The number of aryl methyl sites for hydroxylation is 2. The van der Waals surface area contributed by atoms with Crippen molar-refractivity contribution in [1.29, 1.82) is 0 Å². The number of urea groups is 1. The number of rotatable bonds is 6. The summed E-state index contributed by atoms with van der Waals surface area (Å²) in [6.07, 6.45) is 7.78. The molecular formula is C23H27N5O4. The molecule has 0 radical (unpaired) electrons. The maximum Gasteiger partial charge on any atom is 0.320 e. The molecule has 2 saturated heterocycles. The van der Waals surface area contributed by atoms with Crippen molar-refractivity contribution < 1.29 is 19.2 Å². The highest BCUT2D eigenvalue weighted by Gasteiger charge is 2.38. The molecule has 0 spiro atoms. The highest BCUT2D eigenvalue weighted by atomic mass is 16.2. The van der Waals surface area contributed by atoms with Crippen molar-refractivity contribution in [3.63, 3.8) is 0 Å². The third-order valence-corrected chi connectivity index (χ3v) is 5.57. The summed E-state index contributed by atoms with van der Waals surface area (Å²) in [5, 5.41) is 7.70. The third-order valence-electron chi connectivity index (χ3n) is 5.57. The molecule has 2 fully saturated rings. The Kier molecular flexibility index (Phi) is 7.19. The van der Waals surface area contributed by atoms with E-state index in [0.29, 0.717) is 36.4 Å². The fraction of sp³-hybridized carbons (Fsp3) is 0.348. The van der Waals surface area contributed by atoms with Gasteiger partial charge < -0.3 is 10.2 Å². The summed E-state index contributed by atoms with van der Waals surface area (Å²) in [4.78, 5) is 53.9. The van der Waals surface area contributed by atoms with E-state index in [1.165, 1.54) is 4.90 Å². The minimum absolute atomic E-state index is 0.217. The first kappa shape index (κ1) is 22.9. The van der Waals surface area contributed by atoms with Crippen LogP contribution in [-0.2, 0) is 14.4 Å². The van der Waals surface area contributed by atoms with Gasteiger partial charge in [0.1, 0.15) is 11.9 Å². The number of allylic oxidation sites excluding steroid dienone is 2. The zero-order valence-electron chi connectivity index (χ0n) is 18.2. The maximum absolute atomic E-state index is 12.7. The van der Waals surface area contributed by atoms with E-state index in [1.807, 2.05) is 13.8 Å². The lowest BCUT2D eigenvalue weighted by Gasteiger charge is -2.29. The number of imide groups is 1. The van der Waals surface area contributed by atoms with Gasteiger partial charge in [-0.05, 0) is 49.5 Å². The maximum atomic E-state index is 12.7. The first-order valence-electron chi connectivity index (χ1n) is 10.4. The van der Waals surface area contributed by atoms with Crippen LogP contribution in [0.3, 0.4) is 0 Å². The van der Waals surface area contributed by atoms with Crippen LogP contribution in [0.5, 0.6) is 0 Å². The van der Waals surface area contributed by atoms with E-state index < -0.39 is 18.0 Å². The van der Waals surface area contributed by atoms with Crippen molar-refractivity contribution in [3.8, 4) is 0 Å². The van der Waals surface area contributed by atoms with Crippen LogP contribution in [-0.4, -0.2) is 52.8 Å². The van der Waals surface area contributed by atoms with Crippen LogP contribution in [0.1, 0.15) is 30.4 Å². The molecule has 3 heterocycles. The Hall–Kier alpha value is -3.75. The number of hydrogen-bond donors (Lipinski definition) is 3. The molecule has 1 aromatic heterocycles. The van der Waals surface area contributed by atoms with Gasteiger partial charge in [-0.2, -0.15) is 0 Å². The van der Waals surface area contributed by atoms with Crippen LogP contribution in [0.15, 0.2) is 48.2 Å². The Balaban J connectivity index is 1.56. The summed E-state index contributed by atoms with van der Waals surface area (Å²) < 4.78 is 0. The summed E-state index contributed by atoms with van der Waals surface area (Å²) in [7, 11) is 0. The fourth-order valence-corrected chi connectivity index (χ4v) is 3.51. The van der Waals surface area contributed by atoms with Crippen molar-refractivity contribution in [3.05, 3.63) is 59.3 Å². The molecule has 2 aliphatic rings. The van der Waals surface area contributed by atoms with Gasteiger partial charge in [0.05, 0.1) is 0 Å². The van der Waals surface area contributed by atoms with Gasteiger partial charge in [-0.3, -0.25) is 25.0 Å². The highest BCUT2D eigenvalue weighted by molar-refractivity contribution is 6.04. The molecule has 0 aromatic carbocycles. The van der Waals surface area contributed by atoms with E-state index in [-0.39, 0.29) is 24.8 Å². The Morgan fingerprint density at radius 1 is 1.28 bits per heavy atom. The van der Waals surface area contributed by atoms with Gasteiger partial charge in [-0.25, -0.2) is 9.78 Å². The van der Waals surface area contributed by atoms with Gasteiger partial charge in [-0.1, -0.05) is 24.8 Å². The Morgan fingerprint density at radius 3 is 2.75 bits per heavy atom. The molecule has 0 aliphatic carbocycles. The summed E-state index contributed by atoms with van der Waals surface area (Å²) in [5.74, 6) is -0.490. The van der Waals surface area contributed by atoms with E-state index >= 15 is 0 Å². The molecule has 32 heavy (non-hydrogen) atoms. The molecular weight excluding hydrogens is 410 g/mol. The van der Waals surface area contributed by atoms with Crippen LogP contribution in [0.2, 0.25) is 0 Å². The lowest BCUT2D eigenvalue weighted by molar-refractivity contribution is -0.142. The quantitative estimate of drug-likeness (QED) is 0.357. The number of piperidine rings is 1. The van der Waals surface area contributed by atoms with Crippen LogP contribution < -0.4 is 16.0 Å². The van der Waals surface area contributed by atoms with Crippen molar-refractivity contribution in [2.24, 2.45) is 0 Å². The molecule has 1 atom stereocenters. The molecule has 3 rings (SSSR count). The first-order chi connectivity index (χ1) is 15.3. The van der Waals surface area contributed by atoms with Crippen molar-refractivity contribution in [2.75, 3.05) is 18.4 Å². The number of amides is 5. The number of carbonyl (C=O) groups excluding carboxylic acids is 4. The van der Waals surface area contributed by atoms with E-state index in [9.17, 15) is 19.2 Å². The van der Waals surface area contributed by atoms with Gasteiger partial charge in [-0.15, -0.1) is 0 Å². The molecule has 2 aliphatic heterocycles. The van der Waals surface area contributed by atoms with Crippen LogP contribution in [0.25, 0.3) is 0 Å². The average molecular weight is 438 g/mol. The van der Waals surface area contributed by atoms with E-state index in [1.54, 1.807) is 30.5 Å². The molecule has 0 bridgehead atoms. The summed E-state index contributed by atoms with van der Waals surface area (Å²) in [6.45, 7) is 8.29. The number of aromatic nitrogens is 1. The topological polar surface area (TPSA) is 121 Å². The Morgan fingerprint density at radius 2 is 2.06 bits per heavy atom. The first-order valence-corrected chi connectivity index (χ1v) is 10.4. The van der Waals surface area contributed by atoms with Crippen molar-refractivity contribution >= 4 is 29.6 Å². The zero-order valence-corrected chi connectivity index (χ0v) is 18.2. The number of hydrogen-bond acceptors (Lipinski definition) is 5. The molecule has 5 amide bonds. The standard InChI is InChI=1S/C23H27N5O4/c1-4-16(13-25-23(32)26-19-11-14(2)15(3)12-24-19)5-6-17-9-10-28(22(17)31)18-7-8-20(29)27-21(18)30/h4-6,11-12,18H,1,7-10,13H2,2-3H3,(H,27,29,30)(H2,24,25,26,32)/b16-5+,17-6+. The Labute approximate surface area is 186 Å². The predicted molar refractivity (Wildman–Crippen MR) is 120 cm³/mol. The molecule has 9 nitrogen and oxygen atoms in total. The second kappa shape index (κ2) is 10.0. The normalized spacial score (nSPS) is 20.4. The van der Waals surface area contributed by atoms with Crippen LogP contribution in [0.4, 0.5) is 10.6 Å². The second-order valence-corrected chi connectivity index (χ2v) is 7.81. The number of likely N-dealkylation sites (tertiary alicyclic amines) is 1. The minimum atomic E-state index is -0.613. The fourth-order valence-electron chi connectivity index (χ4n) is 3.51. The molecule has 1 aromatic rings. The van der Waals surface area contributed by atoms with Gasteiger partial charge in [0, 0.05) is 31.3 Å². The van der Waals surface area contributed by atoms with Crippen LogP contribution in [0, 0.1) is 13.8 Å². The summed E-state index contributed by atoms with van der Waals surface area (Å²) >= 11 is 0. The van der Waals surface area contributed by atoms with E-state index in [0.717, 1.165) is 11.1 Å². The number of carbonyl (C=O) groups is 4. The minimum Gasteiger partial charge on any atom is -0.334 e. The number of nitrogens with zero attached hydrogens (tertiary/aromatic N) is 2. The van der Waals surface area contributed by atoms with Crippen molar-refractivity contribution in [1.82, 2.24) is 20.5 Å². The van der Waals surface area contributed by atoms with Gasteiger partial charge in [0.25, 0.3) is 5.91 Å². The smallest absolute Gasteiger partial charge is 0.320 e.